The van der Waals surface area contributed by atoms with Gasteiger partial charge in [0.2, 0.25) is 5.91 Å². The molecule has 0 saturated carbocycles. The number of aryl methyl sites for hydroxylation is 3. The van der Waals surface area contributed by atoms with E-state index in [1.165, 1.54) is 17.3 Å². The second-order valence-electron chi connectivity index (χ2n) is 7.82. The van der Waals surface area contributed by atoms with Gasteiger partial charge < -0.3 is 10.3 Å². The Hall–Kier alpha value is -3.32. The van der Waals surface area contributed by atoms with Crippen LogP contribution in [-0.2, 0) is 17.8 Å². The van der Waals surface area contributed by atoms with Crippen LogP contribution < -0.4 is 10.9 Å². The van der Waals surface area contributed by atoms with E-state index in [4.69, 9.17) is 0 Å². The number of hydrogen-bond acceptors (Lipinski definition) is 4. The topological polar surface area (TPSA) is 79.8 Å². The van der Waals surface area contributed by atoms with E-state index in [0.29, 0.717) is 22.7 Å². The number of thioether (sulfide) groups is 1. The van der Waals surface area contributed by atoms with Gasteiger partial charge in [-0.25, -0.2) is 4.98 Å². The van der Waals surface area contributed by atoms with Gasteiger partial charge in [0.15, 0.2) is 5.16 Å². The molecular weight excluding hydrogens is 420 g/mol. The largest absolute Gasteiger partial charge is 0.353 e. The molecule has 2 heterocycles. The van der Waals surface area contributed by atoms with Gasteiger partial charge in [-0.15, -0.1) is 0 Å². The van der Waals surface area contributed by atoms with Crippen LogP contribution in [0, 0.1) is 13.8 Å². The molecule has 2 aromatic heterocycles. The van der Waals surface area contributed by atoms with Crippen molar-refractivity contribution in [2.45, 2.75) is 38.9 Å². The Balaban J connectivity index is 1.54. The van der Waals surface area contributed by atoms with Crippen LogP contribution in [0.25, 0.3) is 16.7 Å². The molecule has 4 rings (SSSR count). The average molecular weight is 447 g/mol. The number of carbonyl (C=O) groups is 1. The van der Waals surface area contributed by atoms with E-state index in [-0.39, 0.29) is 17.2 Å². The van der Waals surface area contributed by atoms with Crippen molar-refractivity contribution in [3.05, 3.63) is 87.3 Å². The van der Waals surface area contributed by atoms with E-state index in [0.717, 1.165) is 28.9 Å². The van der Waals surface area contributed by atoms with Crippen molar-refractivity contribution in [3.63, 3.8) is 0 Å². The van der Waals surface area contributed by atoms with Gasteiger partial charge in [-0.05, 0) is 49.6 Å². The number of rotatable bonds is 7. The van der Waals surface area contributed by atoms with Gasteiger partial charge >= 0.3 is 0 Å². The highest BCUT2D eigenvalue weighted by Gasteiger charge is 2.16. The lowest BCUT2D eigenvalue weighted by Crippen LogP contribution is -2.26. The normalized spacial score (nSPS) is 11.1. The maximum absolute atomic E-state index is 13.2. The Labute approximate surface area is 191 Å². The molecular formula is C25H26N4O2S. The molecule has 2 aromatic carbocycles. The number of H-pyrrole nitrogens is 1. The van der Waals surface area contributed by atoms with Crippen LogP contribution in [0.2, 0.25) is 0 Å². The highest BCUT2D eigenvalue weighted by atomic mass is 32.2. The van der Waals surface area contributed by atoms with Crippen LogP contribution >= 0.6 is 11.8 Å². The molecule has 2 N–H and O–H groups in total. The summed E-state index contributed by atoms with van der Waals surface area (Å²) in [6.07, 6.45) is 0.990. The standard InChI is InChI=1S/C25H26N4O2S/c1-4-18-7-9-19(10-8-18)14-26-22(30)15-32-25-28-21-13-17(3)27-23(21)24(31)29(25)20-11-5-16(2)6-12-20/h5-13,27H,4,14-15H2,1-3H3,(H,26,30). The lowest BCUT2D eigenvalue weighted by molar-refractivity contribution is -0.118. The predicted octanol–water partition coefficient (Wildman–Crippen LogP) is 4.30. The number of nitrogens with zero attached hydrogens (tertiary/aromatic N) is 2. The smallest absolute Gasteiger partial charge is 0.283 e. The highest BCUT2D eigenvalue weighted by molar-refractivity contribution is 7.99. The summed E-state index contributed by atoms with van der Waals surface area (Å²) < 4.78 is 1.57. The zero-order chi connectivity index (χ0) is 22.7. The van der Waals surface area contributed by atoms with Crippen LogP contribution in [0.15, 0.2) is 64.5 Å². The van der Waals surface area contributed by atoms with Gasteiger partial charge in [-0.1, -0.05) is 60.6 Å². The van der Waals surface area contributed by atoms with E-state index in [1.807, 2.05) is 56.3 Å². The van der Waals surface area contributed by atoms with E-state index in [1.54, 1.807) is 4.57 Å². The fourth-order valence-electron chi connectivity index (χ4n) is 3.47. The minimum Gasteiger partial charge on any atom is -0.353 e. The molecule has 32 heavy (non-hydrogen) atoms. The molecule has 0 atom stereocenters. The van der Waals surface area contributed by atoms with E-state index < -0.39 is 0 Å². The Bertz CT molecular complexity index is 1310. The summed E-state index contributed by atoms with van der Waals surface area (Å²) in [7, 11) is 0. The third kappa shape index (κ3) is 4.78. The van der Waals surface area contributed by atoms with Crippen LogP contribution in [0.3, 0.4) is 0 Å². The molecule has 0 aliphatic heterocycles. The SMILES string of the molecule is CCc1ccc(CNC(=O)CSc2nc3cc(C)[nH]c3c(=O)n2-c2ccc(C)cc2)cc1. The van der Waals surface area contributed by atoms with Crippen molar-refractivity contribution in [1.29, 1.82) is 0 Å². The quantitative estimate of drug-likeness (QED) is 0.328. The fraction of sp³-hybridized carbons (Fsp3) is 0.240. The van der Waals surface area contributed by atoms with Gasteiger partial charge in [-0.2, -0.15) is 0 Å². The van der Waals surface area contributed by atoms with Crippen molar-refractivity contribution in [2.75, 3.05) is 5.75 Å². The lowest BCUT2D eigenvalue weighted by Gasteiger charge is -2.12. The molecule has 0 unspecified atom stereocenters. The van der Waals surface area contributed by atoms with Crippen LogP contribution in [0.4, 0.5) is 0 Å². The first-order valence-electron chi connectivity index (χ1n) is 10.6. The number of benzene rings is 2. The first-order chi connectivity index (χ1) is 15.4. The maximum Gasteiger partial charge on any atom is 0.283 e. The maximum atomic E-state index is 13.2. The van der Waals surface area contributed by atoms with E-state index >= 15 is 0 Å². The van der Waals surface area contributed by atoms with Crippen LogP contribution in [0.1, 0.15) is 29.3 Å². The van der Waals surface area contributed by atoms with Gasteiger partial charge in [0.1, 0.15) is 5.52 Å². The summed E-state index contributed by atoms with van der Waals surface area (Å²) in [6, 6.07) is 17.8. The molecule has 0 saturated heterocycles. The summed E-state index contributed by atoms with van der Waals surface area (Å²) in [5.41, 5.74) is 5.92. The Morgan fingerprint density at radius 1 is 1.06 bits per heavy atom. The predicted molar refractivity (Wildman–Crippen MR) is 130 cm³/mol. The number of amides is 1. The van der Waals surface area contributed by atoms with Crippen molar-refractivity contribution in [3.8, 4) is 5.69 Å². The lowest BCUT2D eigenvalue weighted by atomic mass is 10.1. The van der Waals surface area contributed by atoms with Crippen molar-refractivity contribution in [2.24, 2.45) is 0 Å². The summed E-state index contributed by atoms with van der Waals surface area (Å²) in [5.74, 6) is 0.0601. The molecule has 1 amide bonds. The van der Waals surface area contributed by atoms with Crippen LogP contribution in [0.5, 0.6) is 0 Å². The number of fused-ring (bicyclic) bond motifs is 1. The highest BCUT2D eigenvalue weighted by Crippen LogP contribution is 2.22. The molecule has 6 nitrogen and oxygen atoms in total. The van der Waals surface area contributed by atoms with Crippen LogP contribution in [-0.4, -0.2) is 26.2 Å². The molecule has 4 aromatic rings. The first-order valence-corrected chi connectivity index (χ1v) is 11.6. The third-order valence-electron chi connectivity index (χ3n) is 5.30. The molecule has 7 heteroatoms. The van der Waals surface area contributed by atoms with Crippen molar-refractivity contribution in [1.82, 2.24) is 19.9 Å². The van der Waals surface area contributed by atoms with Crippen molar-refractivity contribution >= 4 is 28.7 Å². The van der Waals surface area contributed by atoms with Gasteiger partial charge in [0.25, 0.3) is 5.56 Å². The van der Waals surface area contributed by atoms with Gasteiger partial charge in [0, 0.05) is 12.2 Å². The molecule has 0 spiro atoms. The Morgan fingerprint density at radius 2 is 1.75 bits per heavy atom. The second-order valence-corrected chi connectivity index (χ2v) is 8.76. The minimum atomic E-state index is -0.175. The zero-order valence-electron chi connectivity index (χ0n) is 18.4. The summed E-state index contributed by atoms with van der Waals surface area (Å²) in [6.45, 7) is 6.48. The molecule has 0 aliphatic rings. The third-order valence-corrected chi connectivity index (χ3v) is 6.24. The minimum absolute atomic E-state index is 0.107. The first kappa shape index (κ1) is 21.9. The second kappa shape index (κ2) is 9.44. The molecule has 0 radical (unpaired) electrons. The van der Waals surface area contributed by atoms with Gasteiger partial charge in [0.05, 0.1) is 17.0 Å². The summed E-state index contributed by atoms with van der Waals surface area (Å²) >= 11 is 1.26. The van der Waals surface area contributed by atoms with Crippen molar-refractivity contribution < 1.29 is 4.79 Å². The molecule has 0 aliphatic carbocycles. The number of carbonyl (C=O) groups excluding carboxylic acids is 1. The number of nitrogens with one attached hydrogen (secondary N) is 2. The summed E-state index contributed by atoms with van der Waals surface area (Å²) in [5, 5.41) is 3.44. The number of aromatic amines is 1. The Morgan fingerprint density at radius 3 is 2.44 bits per heavy atom. The van der Waals surface area contributed by atoms with E-state index in [2.05, 4.69) is 34.3 Å². The molecule has 164 valence electrons. The molecule has 0 bridgehead atoms. The van der Waals surface area contributed by atoms with E-state index in [9.17, 15) is 9.59 Å². The Kier molecular flexibility index (Phi) is 6.46. The number of hydrogen-bond donors (Lipinski definition) is 2. The number of aromatic nitrogens is 3. The average Bonchev–Trinajstić information content (AvgIpc) is 3.18. The fourth-order valence-corrected chi connectivity index (χ4v) is 4.31. The summed E-state index contributed by atoms with van der Waals surface area (Å²) in [4.78, 5) is 33.5. The van der Waals surface area contributed by atoms with Gasteiger partial charge in [-0.3, -0.25) is 14.2 Å². The molecule has 0 fully saturated rings. The monoisotopic (exact) mass is 446 g/mol. The zero-order valence-corrected chi connectivity index (χ0v) is 19.3.